The molecule has 0 spiro atoms. The first kappa shape index (κ1) is 24.8. The van der Waals surface area contributed by atoms with Gasteiger partial charge >= 0.3 is 6.18 Å². The van der Waals surface area contributed by atoms with Crippen molar-refractivity contribution < 1.29 is 22.8 Å². The van der Waals surface area contributed by atoms with Crippen LogP contribution in [-0.4, -0.2) is 32.0 Å². The summed E-state index contributed by atoms with van der Waals surface area (Å²) in [5.41, 5.74) is 0.274. The van der Waals surface area contributed by atoms with E-state index in [-0.39, 0.29) is 48.4 Å². The number of alkyl halides is 3. The number of aryl methyl sites for hydroxylation is 1. The molecule has 0 radical (unpaired) electrons. The molecule has 0 bridgehead atoms. The number of carbonyl (C=O) groups is 2. The zero-order valence-electron chi connectivity index (χ0n) is 21.2. The minimum Gasteiger partial charge on any atom is -0.320 e. The van der Waals surface area contributed by atoms with Gasteiger partial charge in [0.05, 0.1) is 17.5 Å². The highest BCUT2D eigenvalue weighted by atomic mass is 19.4. The number of ketones is 1. The smallest absolute Gasteiger partial charge is 0.320 e. The number of hydrogen-bond donors (Lipinski definition) is 1. The zero-order valence-corrected chi connectivity index (χ0v) is 21.2. The molecule has 10 heteroatoms. The van der Waals surface area contributed by atoms with Crippen molar-refractivity contribution in [2.75, 3.05) is 4.90 Å². The van der Waals surface area contributed by atoms with Crippen molar-refractivity contribution in [2.45, 2.75) is 69.2 Å². The van der Waals surface area contributed by atoms with E-state index in [0.29, 0.717) is 17.1 Å². The molecule has 1 N–H and O–H groups in total. The van der Waals surface area contributed by atoms with E-state index in [1.807, 2.05) is 6.07 Å². The van der Waals surface area contributed by atoms with Crippen LogP contribution in [-0.2, 0) is 36.5 Å². The Balaban J connectivity index is 1.35. The fourth-order valence-corrected chi connectivity index (χ4v) is 6.03. The summed E-state index contributed by atoms with van der Waals surface area (Å²) in [6.07, 6.45) is 0.555. The van der Waals surface area contributed by atoms with E-state index in [9.17, 15) is 22.8 Å². The summed E-state index contributed by atoms with van der Waals surface area (Å²) in [5.74, 6) is 0.272. The van der Waals surface area contributed by atoms with Crippen LogP contribution in [0.5, 0.6) is 0 Å². The minimum absolute atomic E-state index is 0.00616. The molecule has 6 rings (SSSR count). The molecule has 2 fully saturated rings. The van der Waals surface area contributed by atoms with Crippen LogP contribution in [0.2, 0.25) is 0 Å². The topological polar surface area (TPSA) is 80.1 Å². The molecule has 38 heavy (non-hydrogen) atoms. The highest BCUT2D eigenvalue weighted by Gasteiger charge is 2.50. The lowest BCUT2D eigenvalue weighted by Crippen LogP contribution is -2.47. The highest BCUT2D eigenvalue weighted by molar-refractivity contribution is 6.10. The molecule has 0 unspecified atom stereocenters. The number of hydrogen-bond acceptors (Lipinski definition) is 5. The van der Waals surface area contributed by atoms with E-state index in [0.717, 1.165) is 24.8 Å². The Morgan fingerprint density at radius 2 is 1.87 bits per heavy atom. The van der Waals surface area contributed by atoms with Crippen molar-refractivity contribution >= 4 is 17.4 Å². The van der Waals surface area contributed by atoms with Gasteiger partial charge in [-0.2, -0.15) is 13.2 Å². The molecule has 2 aromatic carbocycles. The van der Waals surface area contributed by atoms with E-state index in [2.05, 4.69) is 22.4 Å². The fourth-order valence-electron chi connectivity index (χ4n) is 6.03. The first-order valence-corrected chi connectivity index (χ1v) is 12.8. The van der Waals surface area contributed by atoms with Gasteiger partial charge < -0.3 is 14.8 Å². The lowest BCUT2D eigenvalue weighted by Gasteiger charge is -2.40. The molecule has 7 nitrogen and oxygen atoms in total. The average molecular weight is 524 g/mol. The maximum atomic E-state index is 14.1. The van der Waals surface area contributed by atoms with Gasteiger partial charge in [0.15, 0.2) is 0 Å². The van der Waals surface area contributed by atoms with Gasteiger partial charge in [-0.1, -0.05) is 12.1 Å². The number of amides is 1. The van der Waals surface area contributed by atoms with Gasteiger partial charge in [-0.25, -0.2) is 0 Å². The van der Waals surface area contributed by atoms with Gasteiger partial charge in [-0.05, 0) is 67.1 Å². The van der Waals surface area contributed by atoms with Crippen molar-refractivity contribution in [1.29, 1.82) is 0 Å². The summed E-state index contributed by atoms with van der Waals surface area (Å²) in [4.78, 5) is 27.0. The second-order valence-electron chi connectivity index (χ2n) is 11.1. The maximum Gasteiger partial charge on any atom is 0.416 e. The summed E-state index contributed by atoms with van der Waals surface area (Å²) in [6, 6.07) is 9.90. The normalized spacial score (nSPS) is 19.8. The molecule has 3 aromatic rings. The minimum atomic E-state index is -4.58. The first-order chi connectivity index (χ1) is 18.0. The van der Waals surface area contributed by atoms with Crippen LogP contribution in [0.3, 0.4) is 0 Å². The van der Waals surface area contributed by atoms with Gasteiger partial charge in [-0.3, -0.25) is 9.59 Å². The van der Waals surface area contributed by atoms with E-state index in [4.69, 9.17) is 0 Å². The number of aromatic nitrogens is 3. The lowest BCUT2D eigenvalue weighted by atomic mass is 9.63. The molecular formula is C28H28F3N5O2. The van der Waals surface area contributed by atoms with Crippen molar-refractivity contribution in [3.63, 3.8) is 0 Å². The van der Waals surface area contributed by atoms with Crippen LogP contribution >= 0.6 is 0 Å². The Bertz CT molecular complexity index is 1450. The number of nitrogens with zero attached hydrogens (tertiary/aromatic N) is 4. The lowest BCUT2D eigenvalue weighted by molar-refractivity contribution is -0.138. The van der Waals surface area contributed by atoms with Gasteiger partial charge in [0, 0.05) is 43.2 Å². The summed E-state index contributed by atoms with van der Waals surface area (Å²) in [6.45, 7) is 2.16. The Hall–Kier alpha value is -3.53. The number of anilines is 1. The van der Waals surface area contributed by atoms with Crippen molar-refractivity contribution in [2.24, 2.45) is 7.05 Å². The van der Waals surface area contributed by atoms with Gasteiger partial charge in [0.1, 0.15) is 17.9 Å². The van der Waals surface area contributed by atoms with Crippen LogP contribution in [0.4, 0.5) is 18.9 Å². The fraction of sp³-hybridized carbons (Fsp3) is 0.429. The SMILES string of the molecule is Cn1cnnc1C1(c2cccc(N3Cc4c(cc(CNC5(C)CCC5)cc4C(F)(F)F)C3=O)c2)CC(=O)C1. The van der Waals surface area contributed by atoms with Crippen LogP contribution < -0.4 is 10.2 Å². The van der Waals surface area contributed by atoms with E-state index in [1.54, 1.807) is 42.2 Å². The summed E-state index contributed by atoms with van der Waals surface area (Å²) in [5, 5.41) is 11.6. The zero-order chi connectivity index (χ0) is 26.9. The number of benzene rings is 2. The molecule has 2 saturated carbocycles. The molecule has 198 valence electrons. The average Bonchev–Trinajstić information content (AvgIpc) is 3.41. The van der Waals surface area contributed by atoms with Crippen molar-refractivity contribution in [3.05, 3.63) is 76.4 Å². The predicted molar refractivity (Wildman–Crippen MR) is 134 cm³/mol. The summed E-state index contributed by atoms with van der Waals surface area (Å²) in [7, 11) is 1.81. The van der Waals surface area contributed by atoms with E-state index < -0.39 is 23.1 Å². The molecule has 2 heterocycles. The molecule has 2 aliphatic carbocycles. The number of nitrogens with one attached hydrogen (secondary N) is 1. The Labute approximate surface area is 218 Å². The second-order valence-corrected chi connectivity index (χ2v) is 11.1. The first-order valence-electron chi connectivity index (χ1n) is 12.8. The monoisotopic (exact) mass is 523 g/mol. The van der Waals surface area contributed by atoms with Crippen LogP contribution in [0, 0.1) is 0 Å². The molecule has 1 aliphatic heterocycles. The van der Waals surface area contributed by atoms with Crippen LogP contribution in [0.25, 0.3) is 0 Å². The third kappa shape index (κ3) is 3.93. The Morgan fingerprint density at radius 3 is 2.47 bits per heavy atom. The van der Waals surface area contributed by atoms with E-state index >= 15 is 0 Å². The molecular weight excluding hydrogens is 495 g/mol. The molecule has 3 aliphatic rings. The Morgan fingerprint density at radius 1 is 1.11 bits per heavy atom. The second kappa shape index (κ2) is 8.49. The standard InChI is InChI=1S/C28H28F3N5O2/c1-26(7-4-8-26)32-14-17-9-21-22(23(10-17)28(29,30)31)15-36(24(21)38)19-6-3-5-18(11-19)27(12-20(37)13-27)25-34-33-16-35(25)2/h3,5-6,9-11,16,32H,4,7-8,12-15H2,1-2H3. The maximum absolute atomic E-state index is 14.1. The van der Waals surface area contributed by atoms with Gasteiger partial charge in [0.25, 0.3) is 5.91 Å². The number of rotatable bonds is 6. The van der Waals surface area contributed by atoms with Gasteiger partial charge in [-0.15, -0.1) is 10.2 Å². The van der Waals surface area contributed by atoms with Crippen molar-refractivity contribution in [1.82, 2.24) is 20.1 Å². The number of carbonyl (C=O) groups excluding carboxylic acids is 2. The molecule has 0 saturated heterocycles. The van der Waals surface area contributed by atoms with E-state index in [1.165, 1.54) is 11.0 Å². The Kier molecular flexibility index (Phi) is 5.54. The predicted octanol–water partition coefficient (Wildman–Crippen LogP) is 4.68. The molecule has 0 atom stereocenters. The van der Waals surface area contributed by atoms with Crippen molar-refractivity contribution in [3.8, 4) is 0 Å². The summed E-state index contributed by atoms with van der Waals surface area (Å²) >= 11 is 0. The summed E-state index contributed by atoms with van der Waals surface area (Å²) < 4.78 is 44.2. The van der Waals surface area contributed by atoms with Crippen LogP contribution in [0.1, 0.15) is 77.5 Å². The highest BCUT2D eigenvalue weighted by Crippen LogP contribution is 2.47. The largest absolute Gasteiger partial charge is 0.416 e. The van der Waals surface area contributed by atoms with Crippen LogP contribution in [0.15, 0.2) is 42.7 Å². The third-order valence-corrected chi connectivity index (χ3v) is 8.43. The molecule has 1 aromatic heterocycles. The van der Waals surface area contributed by atoms with Gasteiger partial charge in [0.2, 0.25) is 0 Å². The quantitative estimate of drug-likeness (QED) is 0.508. The number of halogens is 3. The third-order valence-electron chi connectivity index (χ3n) is 8.43. The number of fused-ring (bicyclic) bond motifs is 1. The number of Topliss-reactive ketones (excluding diaryl/α,β-unsaturated/α-hetero) is 1. The molecule has 1 amide bonds.